The molecule has 1 N–H and O–H groups in total. The molecule has 2 aliphatic heterocycles. The monoisotopic (exact) mass is 391 g/mol. The van der Waals surface area contributed by atoms with Gasteiger partial charge in [0.1, 0.15) is 0 Å². The van der Waals surface area contributed by atoms with Gasteiger partial charge in [0.05, 0.1) is 17.2 Å². The average Bonchev–Trinajstić information content (AvgIpc) is 2.66. The molecule has 28 heavy (non-hydrogen) atoms. The van der Waals surface area contributed by atoms with Gasteiger partial charge in [-0.25, -0.2) is 4.98 Å². The number of carbonyl (C=O) groups is 1. The third kappa shape index (κ3) is 3.27. The normalized spacial score (nSPS) is 21.9. The predicted molar refractivity (Wildman–Crippen MR) is 98.9 cm³/mol. The van der Waals surface area contributed by atoms with Crippen LogP contribution in [0.3, 0.4) is 0 Å². The summed E-state index contributed by atoms with van der Waals surface area (Å²) in [5.41, 5.74) is 1.61. The van der Waals surface area contributed by atoms with E-state index in [1.54, 1.807) is 0 Å². The standard InChI is InChI=1S/C20H20F3N3O2/c1-12-2-7-17-18(24-12)25-9-8-13(19(27)28)10-16(25)11-26(17)15-5-3-14(4-6-15)20(21,22)23/h2-7,13,16H,8-11H2,1H3,(H,27,28)/t13-,16+/m1/s1. The Labute approximate surface area is 160 Å². The van der Waals surface area contributed by atoms with Crippen LogP contribution in [0.15, 0.2) is 36.4 Å². The second-order valence-electron chi connectivity index (χ2n) is 7.36. The smallest absolute Gasteiger partial charge is 0.416 e. The lowest BCUT2D eigenvalue weighted by atomic mass is 9.89. The Bertz CT molecular complexity index is 899. The first kappa shape index (κ1) is 18.6. The number of piperidine rings is 1. The van der Waals surface area contributed by atoms with E-state index in [4.69, 9.17) is 0 Å². The van der Waals surface area contributed by atoms with Gasteiger partial charge in [0, 0.05) is 30.5 Å². The van der Waals surface area contributed by atoms with E-state index >= 15 is 0 Å². The van der Waals surface area contributed by atoms with E-state index < -0.39 is 23.6 Å². The average molecular weight is 391 g/mol. The number of benzene rings is 1. The number of carboxylic acids is 1. The van der Waals surface area contributed by atoms with Crippen molar-refractivity contribution in [2.45, 2.75) is 32.0 Å². The number of anilines is 3. The maximum atomic E-state index is 12.9. The van der Waals surface area contributed by atoms with E-state index in [0.717, 1.165) is 29.3 Å². The summed E-state index contributed by atoms with van der Waals surface area (Å²) in [5.74, 6) is -0.453. The Morgan fingerprint density at radius 2 is 1.89 bits per heavy atom. The van der Waals surface area contributed by atoms with Crippen molar-refractivity contribution in [1.82, 2.24) is 4.98 Å². The Morgan fingerprint density at radius 1 is 1.18 bits per heavy atom. The van der Waals surface area contributed by atoms with Crippen molar-refractivity contribution in [2.24, 2.45) is 5.92 Å². The number of hydrogen-bond donors (Lipinski definition) is 1. The number of aliphatic carboxylic acids is 1. The van der Waals surface area contributed by atoms with Crippen molar-refractivity contribution in [3.05, 3.63) is 47.7 Å². The minimum Gasteiger partial charge on any atom is -0.481 e. The highest BCUT2D eigenvalue weighted by molar-refractivity contribution is 5.78. The molecule has 3 heterocycles. The number of hydrogen-bond acceptors (Lipinski definition) is 4. The number of alkyl halides is 3. The molecule has 1 aromatic heterocycles. The first-order valence-electron chi connectivity index (χ1n) is 9.16. The Kier molecular flexibility index (Phi) is 4.44. The van der Waals surface area contributed by atoms with Gasteiger partial charge in [0.2, 0.25) is 0 Å². The summed E-state index contributed by atoms with van der Waals surface area (Å²) in [4.78, 5) is 20.2. The van der Waals surface area contributed by atoms with Gasteiger partial charge in [-0.3, -0.25) is 4.79 Å². The molecule has 5 nitrogen and oxygen atoms in total. The number of aryl methyl sites for hydroxylation is 1. The molecule has 1 saturated heterocycles. The first-order chi connectivity index (χ1) is 13.2. The van der Waals surface area contributed by atoms with E-state index in [0.29, 0.717) is 31.6 Å². The zero-order valence-electron chi connectivity index (χ0n) is 15.3. The molecule has 0 unspecified atom stereocenters. The fourth-order valence-corrected chi connectivity index (χ4v) is 4.07. The summed E-state index contributed by atoms with van der Waals surface area (Å²) in [6, 6.07) is 8.81. The molecule has 8 heteroatoms. The minimum atomic E-state index is -4.38. The predicted octanol–water partition coefficient (Wildman–Crippen LogP) is 4.23. The molecule has 1 fully saturated rings. The van der Waals surface area contributed by atoms with Crippen LogP contribution in [0.1, 0.15) is 24.1 Å². The van der Waals surface area contributed by atoms with Gasteiger partial charge in [-0.05, 0) is 56.2 Å². The Hall–Kier alpha value is -2.77. The molecule has 2 aliphatic rings. The lowest BCUT2D eigenvalue weighted by Crippen LogP contribution is -2.53. The van der Waals surface area contributed by atoms with E-state index in [-0.39, 0.29) is 6.04 Å². The highest BCUT2D eigenvalue weighted by atomic mass is 19.4. The van der Waals surface area contributed by atoms with Crippen LogP contribution in [0, 0.1) is 12.8 Å². The fourth-order valence-electron chi connectivity index (χ4n) is 4.07. The van der Waals surface area contributed by atoms with Gasteiger partial charge in [-0.2, -0.15) is 13.2 Å². The van der Waals surface area contributed by atoms with E-state index in [1.165, 1.54) is 12.1 Å². The van der Waals surface area contributed by atoms with E-state index in [1.807, 2.05) is 24.0 Å². The molecule has 148 valence electrons. The molecule has 0 amide bonds. The Balaban J connectivity index is 1.72. The van der Waals surface area contributed by atoms with Gasteiger partial charge >= 0.3 is 12.1 Å². The maximum absolute atomic E-state index is 12.9. The topological polar surface area (TPSA) is 56.7 Å². The quantitative estimate of drug-likeness (QED) is 0.830. The number of pyridine rings is 1. The molecule has 2 atom stereocenters. The van der Waals surface area contributed by atoms with Crippen molar-refractivity contribution < 1.29 is 23.1 Å². The van der Waals surface area contributed by atoms with Crippen LogP contribution in [0.25, 0.3) is 0 Å². The summed E-state index contributed by atoms with van der Waals surface area (Å²) in [5, 5.41) is 9.40. The largest absolute Gasteiger partial charge is 0.481 e. The van der Waals surface area contributed by atoms with E-state index in [2.05, 4.69) is 9.88 Å². The molecule has 0 bridgehead atoms. The number of carboxylic acid groups (broad SMARTS) is 1. The Morgan fingerprint density at radius 3 is 2.54 bits per heavy atom. The van der Waals surface area contributed by atoms with Crippen LogP contribution in [0.5, 0.6) is 0 Å². The van der Waals surface area contributed by atoms with E-state index in [9.17, 15) is 23.1 Å². The highest BCUT2D eigenvalue weighted by Crippen LogP contribution is 2.42. The lowest BCUT2D eigenvalue weighted by Gasteiger charge is -2.47. The van der Waals surface area contributed by atoms with Crippen LogP contribution >= 0.6 is 0 Å². The van der Waals surface area contributed by atoms with Crippen molar-refractivity contribution in [3.8, 4) is 0 Å². The SMILES string of the molecule is Cc1ccc2c(n1)N1CC[C@@H](C(=O)O)C[C@H]1CN2c1ccc(C(F)(F)F)cc1. The molecule has 4 rings (SSSR count). The van der Waals surface area contributed by atoms with Crippen LogP contribution in [-0.4, -0.2) is 35.2 Å². The number of halogens is 3. The number of fused-ring (bicyclic) bond motifs is 3. The first-order valence-corrected chi connectivity index (χ1v) is 9.16. The molecular weight excluding hydrogens is 371 g/mol. The van der Waals surface area contributed by atoms with Gasteiger partial charge in [-0.1, -0.05) is 0 Å². The second-order valence-corrected chi connectivity index (χ2v) is 7.36. The van der Waals surface area contributed by atoms with Crippen LogP contribution in [-0.2, 0) is 11.0 Å². The van der Waals surface area contributed by atoms with Crippen LogP contribution in [0.4, 0.5) is 30.4 Å². The van der Waals surface area contributed by atoms with Crippen molar-refractivity contribution in [3.63, 3.8) is 0 Å². The maximum Gasteiger partial charge on any atom is 0.416 e. The van der Waals surface area contributed by atoms with Crippen LogP contribution < -0.4 is 9.80 Å². The summed E-state index contributed by atoms with van der Waals surface area (Å²) >= 11 is 0. The van der Waals surface area contributed by atoms with Crippen molar-refractivity contribution >= 4 is 23.2 Å². The van der Waals surface area contributed by atoms with Gasteiger partial charge in [-0.15, -0.1) is 0 Å². The third-order valence-corrected chi connectivity index (χ3v) is 5.52. The zero-order valence-corrected chi connectivity index (χ0v) is 15.3. The summed E-state index contributed by atoms with van der Waals surface area (Å²) in [6.45, 7) is 3.00. The number of nitrogens with zero attached hydrogens (tertiary/aromatic N) is 3. The third-order valence-electron chi connectivity index (χ3n) is 5.52. The molecule has 0 aliphatic carbocycles. The summed E-state index contributed by atoms with van der Waals surface area (Å²) in [6.07, 6.45) is -3.34. The zero-order chi connectivity index (χ0) is 20.1. The second kappa shape index (κ2) is 6.68. The molecule has 1 aromatic carbocycles. The fraction of sp³-hybridized carbons (Fsp3) is 0.400. The molecular formula is C20H20F3N3O2. The molecule has 0 radical (unpaired) electrons. The minimum absolute atomic E-state index is 0.0565. The van der Waals surface area contributed by atoms with Crippen molar-refractivity contribution in [2.75, 3.05) is 22.9 Å². The lowest BCUT2D eigenvalue weighted by molar-refractivity contribution is -0.142. The number of aromatic nitrogens is 1. The van der Waals surface area contributed by atoms with Crippen molar-refractivity contribution in [1.29, 1.82) is 0 Å². The van der Waals surface area contributed by atoms with Gasteiger partial charge in [0.25, 0.3) is 0 Å². The van der Waals surface area contributed by atoms with Gasteiger partial charge in [0.15, 0.2) is 5.82 Å². The molecule has 0 spiro atoms. The van der Waals surface area contributed by atoms with Crippen LogP contribution in [0.2, 0.25) is 0 Å². The number of rotatable bonds is 2. The molecule has 2 aromatic rings. The van der Waals surface area contributed by atoms with Gasteiger partial charge < -0.3 is 14.9 Å². The highest BCUT2D eigenvalue weighted by Gasteiger charge is 2.39. The summed E-state index contributed by atoms with van der Waals surface area (Å²) < 4.78 is 38.7. The molecule has 0 saturated carbocycles. The summed E-state index contributed by atoms with van der Waals surface area (Å²) in [7, 11) is 0.